The van der Waals surface area contributed by atoms with Gasteiger partial charge in [-0.1, -0.05) is 0 Å². The van der Waals surface area contributed by atoms with E-state index in [0.717, 1.165) is 9.35 Å². The smallest absolute Gasteiger partial charge is 0.236 e. The van der Waals surface area contributed by atoms with E-state index in [2.05, 4.69) is 21.2 Å². The van der Waals surface area contributed by atoms with Crippen LogP contribution in [0.2, 0.25) is 0 Å². The van der Waals surface area contributed by atoms with Gasteiger partial charge in [0.05, 0.1) is 9.83 Å². The van der Waals surface area contributed by atoms with Crippen LogP contribution < -0.4 is 11.1 Å². The van der Waals surface area contributed by atoms with Crippen LogP contribution in [-0.4, -0.2) is 11.9 Å². The zero-order chi connectivity index (χ0) is 9.84. The number of rotatable bonds is 3. The van der Waals surface area contributed by atoms with Crippen molar-refractivity contribution < 1.29 is 4.79 Å². The summed E-state index contributed by atoms with van der Waals surface area (Å²) in [5, 5.41) is 4.73. The molecule has 1 aromatic heterocycles. The van der Waals surface area contributed by atoms with Crippen molar-refractivity contribution >= 4 is 33.2 Å². The number of halogens is 1. The lowest BCUT2D eigenvalue weighted by Gasteiger charge is -2.05. The van der Waals surface area contributed by atoms with E-state index in [4.69, 9.17) is 5.73 Å². The summed E-state index contributed by atoms with van der Waals surface area (Å²) >= 11 is 4.95. The zero-order valence-electron chi connectivity index (χ0n) is 7.21. The molecule has 0 spiro atoms. The second-order valence-corrected chi connectivity index (χ2v) is 5.06. The first kappa shape index (κ1) is 10.7. The maximum Gasteiger partial charge on any atom is 0.236 e. The Hall–Kier alpha value is -0.390. The molecule has 0 saturated heterocycles. The van der Waals surface area contributed by atoms with Gasteiger partial charge in [0.25, 0.3) is 0 Å². The number of hydrogen-bond acceptors (Lipinski definition) is 3. The van der Waals surface area contributed by atoms with Crippen LogP contribution in [0.4, 0.5) is 0 Å². The molecule has 0 unspecified atom stereocenters. The molecule has 1 rings (SSSR count). The van der Waals surface area contributed by atoms with Crippen LogP contribution in [-0.2, 0) is 11.3 Å². The molecule has 0 bridgehead atoms. The van der Waals surface area contributed by atoms with E-state index in [1.54, 1.807) is 18.3 Å². The molecule has 13 heavy (non-hydrogen) atoms. The number of carbonyl (C=O) groups is 1. The first-order chi connectivity index (χ1) is 6.09. The SMILES string of the molecule is C[C@@H](N)C(=O)NCc1csc(Br)c1. The van der Waals surface area contributed by atoms with E-state index in [0.29, 0.717) is 6.54 Å². The van der Waals surface area contributed by atoms with E-state index in [1.165, 1.54) is 0 Å². The summed E-state index contributed by atoms with van der Waals surface area (Å²) < 4.78 is 1.07. The standard InChI is InChI=1S/C8H11BrN2OS/c1-5(10)8(12)11-3-6-2-7(9)13-4-6/h2,4-5H,3,10H2,1H3,(H,11,12)/t5-/m1/s1. The van der Waals surface area contributed by atoms with Crippen molar-refractivity contribution in [2.45, 2.75) is 19.5 Å². The molecule has 0 aliphatic heterocycles. The molecule has 1 heterocycles. The van der Waals surface area contributed by atoms with Crippen molar-refractivity contribution in [1.82, 2.24) is 5.32 Å². The van der Waals surface area contributed by atoms with Crippen LogP contribution in [0.15, 0.2) is 15.2 Å². The van der Waals surface area contributed by atoms with Crippen LogP contribution in [0.1, 0.15) is 12.5 Å². The number of hydrogen-bond donors (Lipinski definition) is 2. The lowest BCUT2D eigenvalue weighted by atomic mass is 10.3. The quantitative estimate of drug-likeness (QED) is 0.867. The van der Waals surface area contributed by atoms with Gasteiger partial charge in [-0.25, -0.2) is 0 Å². The Balaban J connectivity index is 2.39. The highest BCUT2D eigenvalue weighted by Crippen LogP contribution is 2.20. The van der Waals surface area contributed by atoms with Gasteiger partial charge in [0.1, 0.15) is 0 Å². The Morgan fingerprint density at radius 2 is 2.54 bits per heavy atom. The minimum Gasteiger partial charge on any atom is -0.351 e. The lowest BCUT2D eigenvalue weighted by Crippen LogP contribution is -2.37. The van der Waals surface area contributed by atoms with Crippen LogP contribution in [0.25, 0.3) is 0 Å². The normalized spacial score (nSPS) is 12.5. The first-order valence-corrected chi connectivity index (χ1v) is 5.53. The molecule has 1 amide bonds. The Kier molecular flexibility index (Phi) is 3.90. The largest absolute Gasteiger partial charge is 0.351 e. The summed E-state index contributed by atoms with van der Waals surface area (Å²) in [4.78, 5) is 11.1. The van der Waals surface area contributed by atoms with Gasteiger partial charge in [0.2, 0.25) is 5.91 Å². The van der Waals surface area contributed by atoms with Crippen molar-refractivity contribution in [1.29, 1.82) is 0 Å². The second-order valence-electron chi connectivity index (χ2n) is 2.77. The maximum atomic E-state index is 11.1. The summed E-state index contributed by atoms with van der Waals surface area (Å²) in [5.41, 5.74) is 6.48. The molecule has 3 N–H and O–H groups in total. The number of nitrogens with one attached hydrogen (secondary N) is 1. The molecule has 0 aromatic carbocycles. The summed E-state index contributed by atoms with van der Waals surface area (Å²) in [6.07, 6.45) is 0. The fourth-order valence-corrected chi connectivity index (χ4v) is 2.00. The Morgan fingerprint density at radius 1 is 1.85 bits per heavy atom. The summed E-state index contributed by atoms with van der Waals surface area (Å²) in [6.45, 7) is 2.21. The second kappa shape index (κ2) is 4.74. The maximum absolute atomic E-state index is 11.1. The molecular weight excluding hydrogens is 252 g/mol. The molecule has 3 nitrogen and oxygen atoms in total. The van der Waals surface area contributed by atoms with Gasteiger partial charge in [0, 0.05) is 6.54 Å². The summed E-state index contributed by atoms with van der Waals surface area (Å²) in [6, 6.07) is 1.54. The van der Waals surface area contributed by atoms with E-state index in [9.17, 15) is 4.79 Å². The summed E-state index contributed by atoms with van der Waals surface area (Å²) in [5.74, 6) is -0.123. The molecular formula is C8H11BrN2OS. The van der Waals surface area contributed by atoms with Crippen LogP contribution in [0.3, 0.4) is 0 Å². The number of amides is 1. The average molecular weight is 263 g/mol. The highest BCUT2D eigenvalue weighted by Gasteiger charge is 2.06. The minimum atomic E-state index is -0.443. The predicted molar refractivity (Wildman–Crippen MR) is 57.5 cm³/mol. The fourth-order valence-electron chi connectivity index (χ4n) is 0.789. The van der Waals surface area contributed by atoms with Crippen molar-refractivity contribution in [3.05, 3.63) is 20.8 Å². The van der Waals surface area contributed by atoms with Crippen LogP contribution in [0, 0.1) is 0 Å². The van der Waals surface area contributed by atoms with E-state index >= 15 is 0 Å². The van der Waals surface area contributed by atoms with E-state index in [-0.39, 0.29) is 5.91 Å². The Bertz CT molecular complexity index is 298. The average Bonchev–Trinajstić information content (AvgIpc) is 2.47. The highest BCUT2D eigenvalue weighted by molar-refractivity contribution is 9.11. The first-order valence-electron chi connectivity index (χ1n) is 3.86. The minimum absolute atomic E-state index is 0.123. The van der Waals surface area contributed by atoms with Gasteiger partial charge in [-0.15, -0.1) is 11.3 Å². The molecule has 0 fully saturated rings. The number of thiophene rings is 1. The molecule has 1 aromatic rings. The summed E-state index contributed by atoms with van der Waals surface area (Å²) in [7, 11) is 0. The van der Waals surface area contributed by atoms with Crippen LogP contribution >= 0.6 is 27.3 Å². The highest BCUT2D eigenvalue weighted by atomic mass is 79.9. The van der Waals surface area contributed by atoms with Crippen molar-refractivity contribution in [2.24, 2.45) is 5.73 Å². The van der Waals surface area contributed by atoms with Gasteiger partial charge in [-0.3, -0.25) is 4.79 Å². The van der Waals surface area contributed by atoms with Crippen LogP contribution in [0.5, 0.6) is 0 Å². The molecule has 0 radical (unpaired) electrons. The molecule has 72 valence electrons. The Labute approximate surface area is 89.5 Å². The third kappa shape index (κ3) is 3.46. The fraction of sp³-hybridized carbons (Fsp3) is 0.375. The third-order valence-electron chi connectivity index (χ3n) is 1.50. The van der Waals surface area contributed by atoms with Gasteiger partial charge >= 0.3 is 0 Å². The van der Waals surface area contributed by atoms with Gasteiger partial charge < -0.3 is 11.1 Å². The predicted octanol–water partition coefficient (Wildman–Crippen LogP) is 1.47. The molecule has 1 atom stereocenters. The van der Waals surface area contributed by atoms with Crippen molar-refractivity contribution in [3.63, 3.8) is 0 Å². The third-order valence-corrected chi connectivity index (χ3v) is 3.06. The van der Waals surface area contributed by atoms with Crippen molar-refractivity contribution in [2.75, 3.05) is 0 Å². The van der Waals surface area contributed by atoms with Gasteiger partial charge in [-0.2, -0.15) is 0 Å². The van der Waals surface area contributed by atoms with Gasteiger partial charge in [-0.05, 0) is 39.9 Å². The zero-order valence-corrected chi connectivity index (χ0v) is 9.61. The van der Waals surface area contributed by atoms with Gasteiger partial charge in [0.15, 0.2) is 0 Å². The molecule has 0 saturated carbocycles. The lowest BCUT2D eigenvalue weighted by molar-refractivity contribution is -0.122. The molecule has 5 heteroatoms. The van der Waals surface area contributed by atoms with E-state index in [1.807, 2.05) is 11.4 Å². The topological polar surface area (TPSA) is 55.1 Å². The Morgan fingerprint density at radius 3 is 3.00 bits per heavy atom. The molecule has 0 aliphatic rings. The molecule has 0 aliphatic carbocycles. The number of nitrogens with two attached hydrogens (primary N) is 1. The van der Waals surface area contributed by atoms with Crippen molar-refractivity contribution in [3.8, 4) is 0 Å². The van der Waals surface area contributed by atoms with E-state index < -0.39 is 6.04 Å². The monoisotopic (exact) mass is 262 g/mol. The number of carbonyl (C=O) groups excluding carboxylic acids is 1.